The summed E-state index contributed by atoms with van der Waals surface area (Å²) in [5.74, 6) is 0. The number of hydrogen-bond donors (Lipinski definition) is 2. The Hall–Kier alpha value is -0.330. The average Bonchev–Trinajstić information content (AvgIpc) is 3.16. The van der Waals surface area contributed by atoms with Gasteiger partial charge in [-0.25, -0.2) is 13.1 Å². The van der Waals surface area contributed by atoms with Crippen LogP contribution in [-0.2, 0) is 16.6 Å². The minimum atomic E-state index is -3.60. The zero-order chi connectivity index (χ0) is 14.8. The van der Waals surface area contributed by atoms with Crippen molar-refractivity contribution in [1.29, 1.82) is 0 Å². The molecule has 1 fully saturated rings. The standard InChI is InChI=1S/C13H18Cl2N2O2S/c1-2-5-16-8-9-6-10(14)7-12(13(9)15)20(18,19)17-11-3-4-11/h6-7,11,16-17H,2-5,8H2,1H3. The monoisotopic (exact) mass is 336 g/mol. The summed E-state index contributed by atoms with van der Waals surface area (Å²) in [6, 6.07) is 3.14. The first-order chi connectivity index (χ1) is 9.44. The second kappa shape index (κ2) is 6.62. The molecule has 2 N–H and O–H groups in total. The first-order valence-corrected chi connectivity index (χ1v) is 8.89. The molecule has 0 bridgehead atoms. The van der Waals surface area contributed by atoms with Gasteiger partial charge in [-0.1, -0.05) is 30.1 Å². The van der Waals surface area contributed by atoms with Crippen LogP contribution >= 0.6 is 23.2 Å². The van der Waals surface area contributed by atoms with Crippen LogP contribution in [0, 0.1) is 0 Å². The molecule has 4 nitrogen and oxygen atoms in total. The zero-order valence-electron chi connectivity index (χ0n) is 11.2. The van der Waals surface area contributed by atoms with Gasteiger partial charge in [0.25, 0.3) is 0 Å². The summed E-state index contributed by atoms with van der Waals surface area (Å²) >= 11 is 12.2. The number of benzene rings is 1. The van der Waals surface area contributed by atoms with E-state index in [9.17, 15) is 8.42 Å². The van der Waals surface area contributed by atoms with Crippen molar-refractivity contribution in [3.8, 4) is 0 Å². The van der Waals surface area contributed by atoms with E-state index < -0.39 is 10.0 Å². The van der Waals surface area contributed by atoms with Gasteiger partial charge in [0.05, 0.1) is 5.02 Å². The third-order valence-electron chi connectivity index (χ3n) is 3.01. The van der Waals surface area contributed by atoms with Crippen molar-refractivity contribution in [2.75, 3.05) is 6.54 Å². The quantitative estimate of drug-likeness (QED) is 0.752. The van der Waals surface area contributed by atoms with E-state index in [1.807, 2.05) is 0 Å². The fourth-order valence-corrected chi connectivity index (χ4v) is 4.06. The van der Waals surface area contributed by atoms with Gasteiger partial charge in [-0.3, -0.25) is 0 Å². The van der Waals surface area contributed by atoms with Crippen molar-refractivity contribution in [2.45, 2.75) is 43.7 Å². The smallest absolute Gasteiger partial charge is 0.242 e. The van der Waals surface area contributed by atoms with Crippen LogP contribution in [0.15, 0.2) is 17.0 Å². The molecule has 0 amide bonds. The molecule has 2 rings (SSSR count). The highest BCUT2D eigenvalue weighted by Crippen LogP contribution is 2.31. The summed E-state index contributed by atoms with van der Waals surface area (Å²) in [7, 11) is -3.60. The summed E-state index contributed by atoms with van der Waals surface area (Å²) in [5, 5.41) is 3.81. The first-order valence-electron chi connectivity index (χ1n) is 6.65. The van der Waals surface area contributed by atoms with Gasteiger partial charge in [-0.05, 0) is 43.5 Å². The SMILES string of the molecule is CCCNCc1cc(Cl)cc(S(=O)(=O)NC2CC2)c1Cl. The van der Waals surface area contributed by atoms with E-state index >= 15 is 0 Å². The topological polar surface area (TPSA) is 58.2 Å². The minimum absolute atomic E-state index is 0.0386. The lowest BCUT2D eigenvalue weighted by atomic mass is 10.2. The Labute approximate surface area is 129 Å². The van der Waals surface area contributed by atoms with Gasteiger partial charge in [0.15, 0.2) is 0 Å². The van der Waals surface area contributed by atoms with E-state index in [4.69, 9.17) is 23.2 Å². The third-order valence-corrected chi connectivity index (χ3v) is 5.33. The van der Waals surface area contributed by atoms with Crippen LogP contribution in [-0.4, -0.2) is 21.0 Å². The molecule has 0 spiro atoms. The first kappa shape index (κ1) is 16.0. The lowest BCUT2D eigenvalue weighted by Crippen LogP contribution is -2.26. The summed E-state index contributed by atoms with van der Waals surface area (Å²) in [5.41, 5.74) is 0.698. The predicted molar refractivity (Wildman–Crippen MR) is 81.8 cm³/mol. The van der Waals surface area contributed by atoms with Crippen molar-refractivity contribution < 1.29 is 8.42 Å². The molecule has 1 aliphatic rings. The summed E-state index contributed by atoms with van der Waals surface area (Å²) in [4.78, 5) is 0.0619. The molecule has 7 heteroatoms. The third kappa shape index (κ3) is 4.09. The Bertz CT molecular complexity index is 586. The van der Waals surface area contributed by atoms with E-state index in [2.05, 4.69) is 17.0 Å². The van der Waals surface area contributed by atoms with Crippen LogP contribution in [0.1, 0.15) is 31.7 Å². The second-order valence-corrected chi connectivity index (χ2v) is 7.45. The van der Waals surface area contributed by atoms with Gasteiger partial charge in [-0.2, -0.15) is 0 Å². The number of rotatable bonds is 7. The van der Waals surface area contributed by atoms with Crippen molar-refractivity contribution in [2.24, 2.45) is 0 Å². The largest absolute Gasteiger partial charge is 0.313 e. The van der Waals surface area contributed by atoms with Crippen molar-refractivity contribution in [1.82, 2.24) is 10.0 Å². The van der Waals surface area contributed by atoms with Crippen molar-refractivity contribution in [3.05, 3.63) is 27.7 Å². The van der Waals surface area contributed by atoms with Crippen LogP contribution in [0.25, 0.3) is 0 Å². The van der Waals surface area contributed by atoms with E-state index in [0.717, 1.165) is 25.8 Å². The lowest BCUT2D eigenvalue weighted by Gasteiger charge is -2.12. The molecule has 0 saturated heterocycles. The Morgan fingerprint density at radius 3 is 2.60 bits per heavy atom. The number of hydrogen-bond acceptors (Lipinski definition) is 3. The van der Waals surface area contributed by atoms with Crippen molar-refractivity contribution in [3.63, 3.8) is 0 Å². The molecule has 0 aromatic heterocycles. The molecule has 0 atom stereocenters. The molecular formula is C13H18Cl2N2O2S. The van der Waals surface area contributed by atoms with Crippen LogP contribution in [0.3, 0.4) is 0 Å². The minimum Gasteiger partial charge on any atom is -0.313 e. The molecule has 0 radical (unpaired) electrons. The predicted octanol–water partition coefficient (Wildman–Crippen LogP) is 2.93. The highest BCUT2D eigenvalue weighted by molar-refractivity contribution is 7.89. The number of nitrogens with one attached hydrogen (secondary N) is 2. The fraction of sp³-hybridized carbons (Fsp3) is 0.538. The molecule has 1 aromatic rings. The van der Waals surface area contributed by atoms with E-state index in [-0.39, 0.29) is 16.0 Å². The van der Waals surface area contributed by atoms with Crippen LogP contribution < -0.4 is 10.0 Å². The molecule has 1 aliphatic carbocycles. The molecule has 0 heterocycles. The van der Waals surface area contributed by atoms with E-state index in [1.54, 1.807) is 6.07 Å². The molecule has 0 unspecified atom stereocenters. The number of halogens is 2. The van der Waals surface area contributed by atoms with Crippen molar-refractivity contribution >= 4 is 33.2 Å². The van der Waals surface area contributed by atoms with Gasteiger partial charge in [0, 0.05) is 17.6 Å². The van der Waals surface area contributed by atoms with E-state index in [0.29, 0.717) is 17.1 Å². The van der Waals surface area contributed by atoms with Gasteiger partial charge in [-0.15, -0.1) is 0 Å². The highest BCUT2D eigenvalue weighted by atomic mass is 35.5. The van der Waals surface area contributed by atoms with Crippen LogP contribution in [0.4, 0.5) is 0 Å². The van der Waals surface area contributed by atoms with Gasteiger partial charge >= 0.3 is 0 Å². The highest BCUT2D eigenvalue weighted by Gasteiger charge is 2.30. The molecule has 0 aliphatic heterocycles. The zero-order valence-corrected chi connectivity index (χ0v) is 13.6. The Balaban J connectivity index is 2.27. The molecule has 1 saturated carbocycles. The van der Waals surface area contributed by atoms with Gasteiger partial charge in [0.1, 0.15) is 4.90 Å². The molecule has 20 heavy (non-hydrogen) atoms. The second-order valence-electron chi connectivity index (χ2n) is 4.95. The molecule has 1 aromatic carbocycles. The Kier molecular flexibility index (Phi) is 5.31. The maximum absolute atomic E-state index is 12.3. The Morgan fingerprint density at radius 1 is 1.30 bits per heavy atom. The summed E-state index contributed by atoms with van der Waals surface area (Å²) < 4.78 is 27.1. The normalized spacial score (nSPS) is 15.6. The van der Waals surface area contributed by atoms with E-state index in [1.165, 1.54) is 6.07 Å². The fourth-order valence-electron chi connectivity index (χ4n) is 1.83. The van der Waals surface area contributed by atoms with Crippen LogP contribution in [0.2, 0.25) is 10.0 Å². The summed E-state index contributed by atoms with van der Waals surface area (Å²) in [6.07, 6.45) is 2.75. The maximum Gasteiger partial charge on any atom is 0.242 e. The van der Waals surface area contributed by atoms with Gasteiger partial charge < -0.3 is 5.32 Å². The Morgan fingerprint density at radius 2 is 2.00 bits per heavy atom. The molecular weight excluding hydrogens is 319 g/mol. The maximum atomic E-state index is 12.3. The average molecular weight is 337 g/mol. The summed E-state index contributed by atoms with van der Waals surface area (Å²) in [6.45, 7) is 3.40. The molecule has 112 valence electrons. The number of sulfonamides is 1. The van der Waals surface area contributed by atoms with Crippen LogP contribution in [0.5, 0.6) is 0 Å². The lowest BCUT2D eigenvalue weighted by molar-refractivity contribution is 0.580. The van der Waals surface area contributed by atoms with Gasteiger partial charge in [0.2, 0.25) is 10.0 Å².